The molecular formula is C14H18F2N2O2. The first kappa shape index (κ1) is 14.9. The Bertz CT molecular complexity index is 476. The maximum Gasteiger partial charge on any atom is 0.256 e. The number of amides is 1. The molecule has 1 aromatic rings. The molecule has 1 saturated heterocycles. The molecule has 1 fully saturated rings. The van der Waals surface area contributed by atoms with Crippen molar-refractivity contribution < 1.29 is 18.7 Å². The standard InChI is InChI=1S/C14H18F2N2O2/c15-10-3-4-12(13(16)8-10)14(20)18(6-7-19)9-11-2-1-5-17-11/h3-4,8,11,17,19H,1-2,5-7,9H2. The van der Waals surface area contributed by atoms with Crippen LogP contribution in [0, 0.1) is 11.6 Å². The highest BCUT2D eigenvalue weighted by Crippen LogP contribution is 2.14. The molecule has 0 aliphatic carbocycles. The molecule has 1 atom stereocenters. The number of rotatable bonds is 5. The monoisotopic (exact) mass is 284 g/mol. The van der Waals surface area contributed by atoms with Crippen LogP contribution < -0.4 is 5.32 Å². The number of aliphatic hydroxyl groups is 1. The number of halogens is 2. The molecule has 0 spiro atoms. The Balaban J connectivity index is 2.12. The van der Waals surface area contributed by atoms with Gasteiger partial charge in [-0.05, 0) is 31.5 Å². The van der Waals surface area contributed by atoms with E-state index in [1.54, 1.807) is 0 Å². The number of hydrogen-bond acceptors (Lipinski definition) is 3. The fourth-order valence-electron chi connectivity index (χ4n) is 2.41. The lowest BCUT2D eigenvalue weighted by Crippen LogP contribution is -2.42. The van der Waals surface area contributed by atoms with Crippen molar-refractivity contribution in [3.05, 3.63) is 35.4 Å². The minimum Gasteiger partial charge on any atom is -0.395 e. The van der Waals surface area contributed by atoms with E-state index >= 15 is 0 Å². The highest BCUT2D eigenvalue weighted by molar-refractivity contribution is 5.94. The molecular weight excluding hydrogens is 266 g/mol. The molecule has 110 valence electrons. The average Bonchev–Trinajstić information content (AvgIpc) is 2.90. The second-order valence-electron chi connectivity index (χ2n) is 4.89. The van der Waals surface area contributed by atoms with E-state index < -0.39 is 17.5 Å². The van der Waals surface area contributed by atoms with Gasteiger partial charge in [-0.1, -0.05) is 0 Å². The van der Waals surface area contributed by atoms with Crippen LogP contribution in [0.4, 0.5) is 8.78 Å². The molecule has 2 rings (SSSR count). The topological polar surface area (TPSA) is 52.6 Å². The minimum atomic E-state index is -0.877. The third-order valence-electron chi connectivity index (χ3n) is 3.42. The normalized spacial score (nSPS) is 18.2. The summed E-state index contributed by atoms with van der Waals surface area (Å²) in [6.07, 6.45) is 1.98. The number of nitrogens with one attached hydrogen (secondary N) is 1. The Kier molecular flexibility index (Phi) is 5.03. The van der Waals surface area contributed by atoms with Crippen LogP contribution in [-0.4, -0.2) is 48.2 Å². The van der Waals surface area contributed by atoms with E-state index in [1.165, 1.54) is 4.90 Å². The van der Waals surface area contributed by atoms with Crippen molar-refractivity contribution in [1.29, 1.82) is 0 Å². The van der Waals surface area contributed by atoms with Crippen LogP contribution in [0.1, 0.15) is 23.2 Å². The summed E-state index contributed by atoms with van der Waals surface area (Å²) in [6.45, 7) is 1.25. The summed E-state index contributed by atoms with van der Waals surface area (Å²) in [5.41, 5.74) is -0.169. The first-order valence-corrected chi connectivity index (χ1v) is 6.70. The average molecular weight is 284 g/mol. The summed E-state index contributed by atoms with van der Waals surface area (Å²) in [4.78, 5) is 13.7. The Labute approximate surface area is 116 Å². The Morgan fingerprint density at radius 1 is 1.45 bits per heavy atom. The molecule has 1 heterocycles. The zero-order valence-electron chi connectivity index (χ0n) is 11.1. The van der Waals surface area contributed by atoms with E-state index in [9.17, 15) is 13.6 Å². The maximum absolute atomic E-state index is 13.6. The second-order valence-corrected chi connectivity index (χ2v) is 4.89. The van der Waals surface area contributed by atoms with Gasteiger partial charge in [-0.2, -0.15) is 0 Å². The van der Waals surface area contributed by atoms with E-state index in [0.29, 0.717) is 12.6 Å². The van der Waals surface area contributed by atoms with Crippen molar-refractivity contribution in [1.82, 2.24) is 10.2 Å². The summed E-state index contributed by atoms with van der Waals surface area (Å²) < 4.78 is 26.5. The molecule has 1 amide bonds. The summed E-state index contributed by atoms with van der Waals surface area (Å²) in [6, 6.07) is 3.05. The number of aliphatic hydroxyl groups excluding tert-OH is 1. The molecule has 4 nitrogen and oxygen atoms in total. The van der Waals surface area contributed by atoms with Gasteiger partial charge in [0, 0.05) is 25.2 Å². The van der Waals surface area contributed by atoms with Crippen LogP contribution in [0.5, 0.6) is 0 Å². The third kappa shape index (κ3) is 3.52. The molecule has 0 saturated carbocycles. The Morgan fingerprint density at radius 2 is 2.25 bits per heavy atom. The van der Waals surface area contributed by atoms with Crippen molar-refractivity contribution in [2.24, 2.45) is 0 Å². The van der Waals surface area contributed by atoms with Crippen molar-refractivity contribution in [3.63, 3.8) is 0 Å². The number of hydrogen-bond donors (Lipinski definition) is 2. The molecule has 20 heavy (non-hydrogen) atoms. The molecule has 2 N–H and O–H groups in total. The highest BCUT2D eigenvalue weighted by atomic mass is 19.1. The van der Waals surface area contributed by atoms with Gasteiger partial charge in [-0.3, -0.25) is 4.79 Å². The first-order valence-electron chi connectivity index (χ1n) is 6.70. The van der Waals surface area contributed by atoms with Crippen LogP contribution in [0.3, 0.4) is 0 Å². The summed E-state index contributed by atoms with van der Waals surface area (Å²) >= 11 is 0. The Hall–Kier alpha value is -1.53. The molecule has 1 aliphatic rings. The molecule has 0 bridgehead atoms. The van der Waals surface area contributed by atoms with Gasteiger partial charge in [0.25, 0.3) is 5.91 Å². The van der Waals surface area contributed by atoms with E-state index in [4.69, 9.17) is 5.11 Å². The fourth-order valence-corrected chi connectivity index (χ4v) is 2.41. The van der Waals surface area contributed by atoms with E-state index in [0.717, 1.165) is 31.5 Å². The lowest BCUT2D eigenvalue weighted by atomic mass is 10.1. The zero-order chi connectivity index (χ0) is 14.5. The third-order valence-corrected chi connectivity index (χ3v) is 3.42. The number of carbonyl (C=O) groups excluding carboxylic acids is 1. The molecule has 1 unspecified atom stereocenters. The van der Waals surface area contributed by atoms with Gasteiger partial charge < -0.3 is 15.3 Å². The first-order chi connectivity index (χ1) is 9.61. The van der Waals surface area contributed by atoms with E-state index in [-0.39, 0.29) is 24.8 Å². The summed E-state index contributed by atoms with van der Waals surface area (Å²) in [7, 11) is 0. The van der Waals surface area contributed by atoms with Crippen LogP contribution in [0.15, 0.2) is 18.2 Å². The largest absolute Gasteiger partial charge is 0.395 e. The van der Waals surface area contributed by atoms with Crippen LogP contribution in [0.25, 0.3) is 0 Å². The number of nitrogens with zero attached hydrogens (tertiary/aromatic N) is 1. The molecule has 6 heteroatoms. The number of benzene rings is 1. The smallest absolute Gasteiger partial charge is 0.256 e. The van der Waals surface area contributed by atoms with Crippen LogP contribution in [0.2, 0.25) is 0 Å². The fraction of sp³-hybridized carbons (Fsp3) is 0.500. The summed E-state index contributed by atoms with van der Waals surface area (Å²) in [5, 5.41) is 12.3. The molecule has 0 radical (unpaired) electrons. The van der Waals surface area contributed by atoms with Crippen molar-refractivity contribution in [2.75, 3.05) is 26.2 Å². The molecule has 1 aliphatic heterocycles. The number of carbonyl (C=O) groups is 1. The van der Waals surface area contributed by atoms with Gasteiger partial charge in [-0.25, -0.2) is 8.78 Å². The van der Waals surface area contributed by atoms with E-state index in [2.05, 4.69) is 5.32 Å². The van der Waals surface area contributed by atoms with Crippen LogP contribution in [-0.2, 0) is 0 Å². The quantitative estimate of drug-likeness (QED) is 0.853. The van der Waals surface area contributed by atoms with Gasteiger partial charge in [0.1, 0.15) is 11.6 Å². The van der Waals surface area contributed by atoms with Gasteiger partial charge in [0.05, 0.1) is 12.2 Å². The van der Waals surface area contributed by atoms with Gasteiger partial charge >= 0.3 is 0 Å². The minimum absolute atomic E-state index is 0.133. The van der Waals surface area contributed by atoms with Gasteiger partial charge in [0.15, 0.2) is 0 Å². The van der Waals surface area contributed by atoms with Crippen LogP contribution >= 0.6 is 0 Å². The van der Waals surface area contributed by atoms with Crippen molar-refractivity contribution in [2.45, 2.75) is 18.9 Å². The van der Waals surface area contributed by atoms with Gasteiger partial charge in [-0.15, -0.1) is 0 Å². The van der Waals surface area contributed by atoms with E-state index in [1.807, 2.05) is 0 Å². The Morgan fingerprint density at radius 3 is 2.85 bits per heavy atom. The lowest BCUT2D eigenvalue weighted by molar-refractivity contribution is 0.0701. The molecule has 0 aromatic heterocycles. The summed E-state index contributed by atoms with van der Waals surface area (Å²) in [5.74, 6) is -2.12. The van der Waals surface area contributed by atoms with Gasteiger partial charge in [0.2, 0.25) is 0 Å². The second kappa shape index (κ2) is 6.76. The predicted molar refractivity (Wildman–Crippen MR) is 70.4 cm³/mol. The zero-order valence-corrected chi connectivity index (χ0v) is 11.1. The SMILES string of the molecule is O=C(c1ccc(F)cc1F)N(CCO)CC1CCCN1. The van der Waals surface area contributed by atoms with Crippen molar-refractivity contribution >= 4 is 5.91 Å². The lowest BCUT2D eigenvalue weighted by Gasteiger charge is -2.25. The maximum atomic E-state index is 13.6. The molecule has 1 aromatic carbocycles. The van der Waals surface area contributed by atoms with Crippen molar-refractivity contribution in [3.8, 4) is 0 Å². The highest BCUT2D eigenvalue weighted by Gasteiger charge is 2.24. The predicted octanol–water partition coefficient (Wildman–Crippen LogP) is 1.15.